The third kappa shape index (κ3) is 8.58. The smallest absolute Gasteiger partial charge is 0.0897 e. The summed E-state index contributed by atoms with van der Waals surface area (Å²) in [6, 6.07) is 0.434. The highest BCUT2D eigenvalue weighted by molar-refractivity contribution is 4.72. The fourth-order valence-corrected chi connectivity index (χ4v) is 2.46. The molecule has 0 bridgehead atoms. The van der Waals surface area contributed by atoms with Gasteiger partial charge in [0.2, 0.25) is 0 Å². The zero-order chi connectivity index (χ0) is 13.9. The number of hydrogen-bond donors (Lipinski definition) is 2. The first-order valence-corrected chi connectivity index (χ1v) is 7.94. The second-order valence-corrected chi connectivity index (χ2v) is 5.75. The Morgan fingerprint density at radius 2 is 2.00 bits per heavy atom. The molecule has 0 spiro atoms. The maximum Gasteiger partial charge on any atom is 0.0897 e. The zero-order valence-electron chi connectivity index (χ0n) is 12.7. The van der Waals surface area contributed by atoms with Crippen LogP contribution in [0.4, 0.5) is 0 Å². The molecule has 2 unspecified atom stereocenters. The maximum atomic E-state index is 9.80. The Morgan fingerprint density at radius 3 is 2.68 bits per heavy atom. The van der Waals surface area contributed by atoms with E-state index in [2.05, 4.69) is 24.1 Å². The van der Waals surface area contributed by atoms with Gasteiger partial charge in [-0.25, -0.2) is 0 Å². The van der Waals surface area contributed by atoms with Crippen molar-refractivity contribution in [2.45, 2.75) is 58.1 Å². The van der Waals surface area contributed by atoms with Crippen molar-refractivity contribution >= 4 is 0 Å². The standard InChI is InChI=1S/C15H32N2O2/c1-3-4-10-19-13-15(18)11-16-14(2)12-17-8-6-5-7-9-17/h14-16,18H,3-13H2,1-2H3. The van der Waals surface area contributed by atoms with E-state index in [0.717, 1.165) is 26.0 Å². The molecule has 0 saturated carbocycles. The molecule has 0 aliphatic carbocycles. The molecule has 1 saturated heterocycles. The van der Waals surface area contributed by atoms with Crippen molar-refractivity contribution in [1.29, 1.82) is 0 Å². The van der Waals surface area contributed by atoms with Crippen LogP contribution in [-0.2, 0) is 4.74 Å². The van der Waals surface area contributed by atoms with E-state index < -0.39 is 0 Å². The number of aliphatic hydroxyl groups is 1. The normalized spacial score (nSPS) is 20.4. The van der Waals surface area contributed by atoms with E-state index in [0.29, 0.717) is 19.2 Å². The van der Waals surface area contributed by atoms with Gasteiger partial charge in [0.1, 0.15) is 0 Å². The Labute approximate surface area is 118 Å². The summed E-state index contributed by atoms with van der Waals surface area (Å²) in [5.74, 6) is 0. The molecule has 2 atom stereocenters. The lowest BCUT2D eigenvalue weighted by atomic mass is 10.1. The van der Waals surface area contributed by atoms with E-state index in [1.807, 2.05) is 0 Å². The van der Waals surface area contributed by atoms with E-state index >= 15 is 0 Å². The number of rotatable bonds is 10. The van der Waals surface area contributed by atoms with Crippen molar-refractivity contribution in [2.75, 3.05) is 39.4 Å². The lowest BCUT2D eigenvalue weighted by Gasteiger charge is -2.29. The Balaban J connectivity index is 2.00. The molecule has 4 heteroatoms. The molecule has 1 heterocycles. The van der Waals surface area contributed by atoms with Gasteiger partial charge in [0.05, 0.1) is 12.7 Å². The molecule has 4 nitrogen and oxygen atoms in total. The van der Waals surface area contributed by atoms with Crippen LogP contribution in [0.1, 0.15) is 46.0 Å². The van der Waals surface area contributed by atoms with Crippen molar-refractivity contribution in [1.82, 2.24) is 10.2 Å². The molecule has 0 aromatic carbocycles. The molecular weight excluding hydrogens is 240 g/mol. The second kappa shape index (κ2) is 10.6. The molecule has 0 radical (unpaired) electrons. The van der Waals surface area contributed by atoms with Gasteiger partial charge in [-0.3, -0.25) is 0 Å². The Bertz CT molecular complexity index is 208. The molecule has 19 heavy (non-hydrogen) atoms. The van der Waals surface area contributed by atoms with Gasteiger partial charge in [0, 0.05) is 25.7 Å². The minimum atomic E-state index is -0.388. The van der Waals surface area contributed by atoms with Crippen LogP contribution in [0.3, 0.4) is 0 Å². The molecule has 1 fully saturated rings. The quantitative estimate of drug-likeness (QED) is 0.593. The first-order valence-electron chi connectivity index (χ1n) is 7.94. The SMILES string of the molecule is CCCCOCC(O)CNC(C)CN1CCCCC1. The zero-order valence-corrected chi connectivity index (χ0v) is 12.7. The number of hydrogen-bond acceptors (Lipinski definition) is 4. The van der Waals surface area contributed by atoms with E-state index in [9.17, 15) is 5.11 Å². The summed E-state index contributed by atoms with van der Waals surface area (Å²) in [5, 5.41) is 13.2. The molecule has 1 aliphatic heterocycles. The largest absolute Gasteiger partial charge is 0.389 e. The van der Waals surface area contributed by atoms with Gasteiger partial charge in [-0.15, -0.1) is 0 Å². The van der Waals surface area contributed by atoms with Crippen LogP contribution in [0.5, 0.6) is 0 Å². The highest BCUT2D eigenvalue weighted by atomic mass is 16.5. The van der Waals surface area contributed by atoms with Gasteiger partial charge >= 0.3 is 0 Å². The van der Waals surface area contributed by atoms with Crippen LogP contribution in [0, 0.1) is 0 Å². The first kappa shape index (κ1) is 16.9. The number of piperidine rings is 1. The second-order valence-electron chi connectivity index (χ2n) is 5.75. The lowest BCUT2D eigenvalue weighted by molar-refractivity contribution is 0.0341. The fraction of sp³-hybridized carbons (Fsp3) is 1.00. The summed E-state index contributed by atoms with van der Waals surface area (Å²) in [6.45, 7) is 9.72. The molecule has 1 aliphatic rings. The molecule has 1 rings (SSSR count). The van der Waals surface area contributed by atoms with E-state index in [4.69, 9.17) is 4.74 Å². The number of nitrogens with one attached hydrogen (secondary N) is 1. The maximum absolute atomic E-state index is 9.80. The third-order valence-corrected chi connectivity index (χ3v) is 3.64. The van der Waals surface area contributed by atoms with Crippen LogP contribution in [0.15, 0.2) is 0 Å². The summed E-state index contributed by atoms with van der Waals surface area (Å²) in [6.07, 6.45) is 5.88. The van der Waals surface area contributed by atoms with Crippen LogP contribution in [-0.4, -0.2) is 61.5 Å². The van der Waals surface area contributed by atoms with Crippen LogP contribution >= 0.6 is 0 Å². The van der Waals surface area contributed by atoms with Gasteiger partial charge in [-0.05, 0) is 39.3 Å². The summed E-state index contributed by atoms with van der Waals surface area (Å²) < 4.78 is 5.42. The summed E-state index contributed by atoms with van der Waals surface area (Å²) >= 11 is 0. The Morgan fingerprint density at radius 1 is 1.26 bits per heavy atom. The molecular formula is C15H32N2O2. The summed E-state index contributed by atoms with van der Waals surface area (Å²) in [7, 11) is 0. The average molecular weight is 272 g/mol. The predicted octanol–water partition coefficient (Wildman–Crippen LogP) is 1.63. The molecule has 0 aromatic rings. The van der Waals surface area contributed by atoms with Gasteiger partial charge in [0.15, 0.2) is 0 Å². The highest BCUT2D eigenvalue weighted by Crippen LogP contribution is 2.08. The number of ether oxygens (including phenoxy) is 1. The van der Waals surface area contributed by atoms with E-state index in [-0.39, 0.29) is 6.10 Å². The van der Waals surface area contributed by atoms with Crippen molar-refractivity contribution in [3.8, 4) is 0 Å². The molecule has 0 aromatic heterocycles. The van der Waals surface area contributed by atoms with Gasteiger partial charge in [-0.1, -0.05) is 19.8 Å². The summed E-state index contributed by atoms with van der Waals surface area (Å²) in [5.41, 5.74) is 0. The highest BCUT2D eigenvalue weighted by Gasteiger charge is 2.14. The number of unbranched alkanes of at least 4 members (excludes halogenated alkanes) is 1. The van der Waals surface area contributed by atoms with Gasteiger partial charge in [0.25, 0.3) is 0 Å². The monoisotopic (exact) mass is 272 g/mol. The van der Waals surface area contributed by atoms with Crippen LogP contribution in [0.2, 0.25) is 0 Å². The Hall–Kier alpha value is -0.160. The van der Waals surface area contributed by atoms with Gasteiger partial charge in [-0.2, -0.15) is 0 Å². The molecule has 2 N–H and O–H groups in total. The Kier molecular flexibility index (Phi) is 9.43. The molecule has 0 amide bonds. The fourth-order valence-electron chi connectivity index (χ4n) is 2.46. The van der Waals surface area contributed by atoms with Crippen molar-refractivity contribution in [3.63, 3.8) is 0 Å². The van der Waals surface area contributed by atoms with Gasteiger partial charge < -0.3 is 20.1 Å². The van der Waals surface area contributed by atoms with Crippen molar-refractivity contribution in [2.24, 2.45) is 0 Å². The third-order valence-electron chi connectivity index (χ3n) is 3.64. The van der Waals surface area contributed by atoms with Crippen LogP contribution in [0.25, 0.3) is 0 Å². The molecule has 114 valence electrons. The van der Waals surface area contributed by atoms with Crippen molar-refractivity contribution < 1.29 is 9.84 Å². The minimum Gasteiger partial charge on any atom is -0.389 e. The number of nitrogens with zero attached hydrogens (tertiary/aromatic N) is 1. The van der Waals surface area contributed by atoms with E-state index in [1.54, 1.807) is 0 Å². The number of aliphatic hydroxyl groups excluding tert-OH is 1. The van der Waals surface area contributed by atoms with Crippen molar-refractivity contribution in [3.05, 3.63) is 0 Å². The predicted molar refractivity (Wildman–Crippen MR) is 79.5 cm³/mol. The minimum absolute atomic E-state index is 0.388. The lowest BCUT2D eigenvalue weighted by Crippen LogP contribution is -2.44. The summed E-state index contributed by atoms with van der Waals surface area (Å²) in [4.78, 5) is 2.52. The first-order chi connectivity index (χ1) is 9.22. The topological polar surface area (TPSA) is 44.7 Å². The van der Waals surface area contributed by atoms with E-state index in [1.165, 1.54) is 32.4 Å². The number of likely N-dealkylation sites (tertiary alicyclic amines) is 1. The van der Waals surface area contributed by atoms with Crippen LogP contribution < -0.4 is 5.32 Å². The average Bonchev–Trinajstić information content (AvgIpc) is 2.42.